The monoisotopic (exact) mass is 360 g/mol. The van der Waals surface area contributed by atoms with Crippen LogP contribution in [0.15, 0.2) is 41.3 Å². The number of benzene rings is 2. The average Bonchev–Trinajstić information content (AvgIpc) is 2.42. The highest BCUT2D eigenvalue weighted by Crippen LogP contribution is 2.30. The Bertz CT molecular complexity index is 845. The molecule has 2 aromatic carbocycles. The lowest BCUT2D eigenvalue weighted by Crippen LogP contribution is -2.13. The van der Waals surface area contributed by atoms with E-state index in [2.05, 4.69) is 4.72 Å². The first-order chi connectivity index (χ1) is 9.83. The standard InChI is InChI=1S/C13H7Cl3N2O2S/c14-9-2-3-10(15)12(6-9)18-21(19,20)13-4-1-8(7-17)5-11(13)16/h1-6,18H. The van der Waals surface area contributed by atoms with Crippen LogP contribution < -0.4 is 4.72 Å². The van der Waals surface area contributed by atoms with E-state index in [-0.39, 0.29) is 26.2 Å². The van der Waals surface area contributed by atoms with Gasteiger partial charge >= 0.3 is 0 Å². The van der Waals surface area contributed by atoms with Crippen LogP contribution in [-0.2, 0) is 10.0 Å². The van der Waals surface area contributed by atoms with E-state index >= 15 is 0 Å². The fraction of sp³-hybridized carbons (Fsp3) is 0. The van der Waals surface area contributed by atoms with E-state index in [1.165, 1.54) is 36.4 Å². The van der Waals surface area contributed by atoms with E-state index in [0.717, 1.165) is 0 Å². The Morgan fingerprint density at radius 3 is 2.33 bits per heavy atom. The number of sulfonamides is 1. The summed E-state index contributed by atoms with van der Waals surface area (Å²) in [6, 6.07) is 10.2. The minimum atomic E-state index is -3.94. The molecule has 108 valence electrons. The molecule has 21 heavy (non-hydrogen) atoms. The van der Waals surface area contributed by atoms with Gasteiger partial charge in [-0.3, -0.25) is 4.72 Å². The molecule has 0 saturated heterocycles. The molecule has 0 bridgehead atoms. The summed E-state index contributed by atoms with van der Waals surface area (Å²) in [5, 5.41) is 9.23. The van der Waals surface area contributed by atoms with Gasteiger partial charge in [0, 0.05) is 5.02 Å². The number of nitrogens with one attached hydrogen (secondary N) is 1. The van der Waals surface area contributed by atoms with Gasteiger partial charge in [-0.05, 0) is 36.4 Å². The SMILES string of the molecule is N#Cc1ccc(S(=O)(=O)Nc2cc(Cl)ccc2Cl)c(Cl)c1. The molecule has 0 unspecified atom stereocenters. The summed E-state index contributed by atoms with van der Waals surface area (Å²) in [5.74, 6) is 0. The number of hydrogen-bond acceptors (Lipinski definition) is 3. The van der Waals surface area contributed by atoms with Gasteiger partial charge in [0.2, 0.25) is 0 Å². The summed E-state index contributed by atoms with van der Waals surface area (Å²) in [6.45, 7) is 0. The maximum absolute atomic E-state index is 12.3. The summed E-state index contributed by atoms with van der Waals surface area (Å²) in [5.41, 5.74) is 0.407. The van der Waals surface area contributed by atoms with Crippen molar-refractivity contribution in [3.05, 3.63) is 57.0 Å². The molecule has 0 aromatic heterocycles. The Balaban J connectivity index is 2.44. The van der Waals surface area contributed by atoms with E-state index in [9.17, 15) is 8.42 Å². The molecule has 8 heteroatoms. The van der Waals surface area contributed by atoms with Crippen molar-refractivity contribution in [3.8, 4) is 6.07 Å². The number of halogens is 3. The maximum atomic E-state index is 12.3. The van der Waals surface area contributed by atoms with Crippen LogP contribution in [0.4, 0.5) is 5.69 Å². The predicted octanol–water partition coefficient (Wildman–Crippen LogP) is 4.32. The second kappa shape index (κ2) is 6.12. The Hall–Kier alpha value is -1.45. The minimum Gasteiger partial charge on any atom is -0.278 e. The van der Waals surface area contributed by atoms with Crippen LogP contribution in [-0.4, -0.2) is 8.42 Å². The van der Waals surface area contributed by atoms with Crippen LogP contribution in [0.1, 0.15) is 5.56 Å². The van der Waals surface area contributed by atoms with Crippen molar-refractivity contribution in [2.75, 3.05) is 4.72 Å². The molecule has 0 saturated carbocycles. The molecule has 0 heterocycles. The van der Waals surface area contributed by atoms with Crippen molar-refractivity contribution >= 4 is 50.5 Å². The molecule has 0 atom stereocenters. The summed E-state index contributed by atoms with van der Waals surface area (Å²) in [6.07, 6.45) is 0. The van der Waals surface area contributed by atoms with Gasteiger partial charge in [0.15, 0.2) is 0 Å². The normalized spacial score (nSPS) is 11.0. The molecule has 0 aliphatic heterocycles. The third kappa shape index (κ3) is 3.60. The van der Waals surface area contributed by atoms with Crippen molar-refractivity contribution in [2.24, 2.45) is 0 Å². The van der Waals surface area contributed by atoms with E-state index < -0.39 is 10.0 Å². The van der Waals surface area contributed by atoms with Crippen molar-refractivity contribution in [1.82, 2.24) is 0 Å². The molecular weight excluding hydrogens is 355 g/mol. The Morgan fingerprint density at radius 2 is 1.71 bits per heavy atom. The van der Waals surface area contributed by atoms with Crippen molar-refractivity contribution < 1.29 is 8.42 Å². The van der Waals surface area contributed by atoms with Crippen LogP contribution in [0.3, 0.4) is 0 Å². The van der Waals surface area contributed by atoms with Gasteiger partial charge < -0.3 is 0 Å². The third-order valence-electron chi connectivity index (χ3n) is 2.52. The van der Waals surface area contributed by atoms with Gasteiger partial charge in [0.1, 0.15) is 4.90 Å². The zero-order valence-corrected chi connectivity index (χ0v) is 13.4. The van der Waals surface area contributed by atoms with Gasteiger partial charge in [0.25, 0.3) is 10.0 Å². The molecular formula is C13H7Cl3N2O2S. The zero-order valence-electron chi connectivity index (χ0n) is 10.3. The number of anilines is 1. The van der Waals surface area contributed by atoms with Crippen molar-refractivity contribution in [1.29, 1.82) is 5.26 Å². The summed E-state index contributed by atoms with van der Waals surface area (Å²) in [4.78, 5) is -0.154. The number of rotatable bonds is 3. The Morgan fingerprint density at radius 1 is 1.00 bits per heavy atom. The molecule has 0 fully saturated rings. The quantitative estimate of drug-likeness (QED) is 0.885. The van der Waals surface area contributed by atoms with Crippen LogP contribution in [0.2, 0.25) is 15.1 Å². The van der Waals surface area contributed by atoms with Gasteiger partial charge in [-0.25, -0.2) is 8.42 Å². The largest absolute Gasteiger partial charge is 0.278 e. The first-order valence-electron chi connectivity index (χ1n) is 5.51. The molecule has 0 aliphatic carbocycles. The van der Waals surface area contributed by atoms with Crippen molar-refractivity contribution in [2.45, 2.75) is 4.90 Å². The van der Waals surface area contributed by atoms with Gasteiger partial charge in [-0.1, -0.05) is 34.8 Å². The molecule has 1 N–H and O–H groups in total. The second-order valence-electron chi connectivity index (χ2n) is 3.99. The minimum absolute atomic E-state index is 0.0558. The summed E-state index contributed by atoms with van der Waals surface area (Å²) < 4.78 is 26.9. The summed E-state index contributed by atoms with van der Waals surface area (Å²) in [7, 11) is -3.94. The van der Waals surface area contributed by atoms with Crippen LogP contribution >= 0.6 is 34.8 Å². The smallest absolute Gasteiger partial charge is 0.263 e. The van der Waals surface area contributed by atoms with Crippen LogP contribution in [0, 0.1) is 11.3 Å². The highest BCUT2D eigenvalue weighted by molar-refractivity contribution is 7.92. The molecule has 4 nitrogen and oxygen atoms in total. The topological polar surface area (TPSA) is 70.0 Å². The van der Waals surface area contributed by atoms with Crippen LogP contribution in [0.5, 0.6) is 0 Å². The average molecular weight is 362 g/mol. The van der Waals surface area contributed by atoms with Crippen molar-refractivity contribution in [3.63, 3.8) is 0 Å². The Kier molecular flexibility index (Phi) is 4.64. The number of nitrogens with zero attached hydrogens (tertiary/aromatic N) is 1. The first kappa shape index (κ1) is 15.9. The molecule has 0 spiro atoms. The predicted molar refractivity (Wildman–Crippen MR) is 83.4 cm³/mol. The molecule has 2 rings (SSSR count). The first-order valence-corrected chi connectivity index (χ1v) is 8.13. The third-order valence-corrected chi connectivity index (χ3v) is 4.94. The highest BCUT2D eigenvalue weighted by atomic mass is 35.5. The lowest BCUT2D eigenvalue weighted by Gasteiger charge is -2.11. The fourth-order valence-electron chi connectivity index (χ4n) is 1.56. The number of hydrogen-bond donors (Lipinski definition) is 1. The molecule has 0 radical (unpaired) electrons. The lowest BCUT2D eigenvalue weighted by atomic mass is 10.2. The molecule has 0 aliphatic rings. The lowest BCUT2D eigenvalue weighted by molar-refractivity contribution is 0.601. The Labute approximate surface area is 136 Å². The maximum Gasteiger partial charge on any atom is 0.263 e. The van der Waals surface area contributed by atoms with E-state index in [1.807, 2.05) is 6.07 Å². The molecule has 2 aromatic rings. The second-order valence-corrected chi connectivity index (χ2v) is 6.89. The van der Waals surface area contributed by atoms with Gasteiger partial charge in [-0.15, -0.1) is 0 Å². The zero-order chi connectivity index (χ0) is 15.6. The van der Waals surface area contributed by atoms with Gasteiger partial charge in [-0.2, -0.15) is 5.26 Å². The number of nitriles is 1. The van der Waals surface area contributed by atoms with Gasteiger partial charge in [0.05, 0.1) is 27.4 Å². The van der Waals surface area contributed by atoms with E-state index in [4.69, 9.17) is 40.1 Å². The highest BCUT2D eigenvalue weighted by Gasteiger charge is 2.19. The fourth-order valence-corrected chi connectivity index (χ4v) is 3.57. The van der Waals surface area contributed by atoms with Crippen LogP contribution in [0.25, 0.3) is 0 Å². The molecule has 0 amide bonds. The van der Waals surface area contributed by atoms with E-state index in [1.54, 1.807) is 0 Å². The summed E-state index contributed by atoms with van der Waals surface area (Å²) >= 11 is 17.6. The van der Waals surface area contributed by atoms with E-state index in [0.29, 0.717) is 5.02 Å².